The Labute approximate surface area is 243 Å². The van der Waals surface area contributed by atoms with E-state index in [9.17, 15) is 0 Å². The van der Waals surface area contributed by atoms with Crippen molar-refractivity contribution in [3.8, 4) is 0 Å². The Kier molecular flexibility index (Phi) is 16.0. The van der Waals surface area contributed by atoms with Gasteiger partial charge in [-0.1, -0.05) is 24.3 Å². The summed E-state index contributed by atoms with van der Waals surface area (Å²) in [6.07, 6.45) is 0. The van der Waals surface area contributed by atoms with Crippen molar-refractivity contribution in [3.63, 3.8) is 0 Å². The summed E-state index contributed by atoms with van der Waals surface area (Å²) >= 11 is 0. The molecule has 0 aliphatic rings. The van der Waals surface area contributed by atoms with Crippen LogP contribution in [0.4, 0.5) is 22.7 Å². The number of anilines is 4. The van der Waals surface area contributed by atoms with E-state index in [4.69, 9.17) is 0 Å². The fourth-order valence-electron chi connectivity index (χ4n) is 3.97. The average Bonchev–Trinajstić information content (AvgIpc) is 3.43. The molecule has 0 saturated carbocycles. The zero-order chi connectivity index (χ0) is 24.0. The number of fused-ring (bicyclic) bond motifs is 2. The molecular weight excluding hydrogens is 554 g/mol. The number of halogens is 2. The third kappa shape index (κ3) is 8.03. The Bertz CT molecular complexity index is 972. The van der Waals surface area contributed by atoms with Crippen molar-refractivity contribution in [2.75, 3.05) is 76.0 Å². The molecule has 4 rings (SSSR count). The van der Waals surface area contributed by atoms with Crippen molar-refractivity contribution in [2.45, 2.75) is 0 Å². The number of hydrogen-bond donors (Lipinski definition) is 0. The predicted octanol–water partition coefficient (Wildman–Crippen LogP) is 0.189. The smallest absolute Gasteiger partial charge is 1.00 e. The molecule has 0 bridgehead atoms. The SMILES string of the molecule is C=C.CN(C)c1ccc(N(C)C)c2[cH-]ccc12.CN(C)c1ccc(N(C)C)c2[cH-]ccc12.[Cl-].[Cl-].[Zr+4]. The van der Waals surface area contributed by atoms with E-state index in [1.165, 1.54) is 44.3 Å². The molecule has 0 fully saturated rings. The molecule has 7 heteroatoms. The van der Waals surface area contributed by atoms with Crippen LogP contribution in [0.25, 0.3) is 21.5 Å². The molecule has 4 aromatic rings. The number of benzene rings is 2. The summed E-state index contributed by atoms with van der Waals surface area (Å²) in [5.74, 6) is 0. The minimum Gasteiger partial charge on any atom is -1.00 e. The molecule has 0 aromatic heterocycles. The molecule has 0 saturated heterocycles. The van der Waals surface area contributed by atoms with Crippen LogP contribution >= 0.6 is 0 Å². The maximum Gasteiger partial charge on any atom is 4.00 e. The molecule has 188 valence electrons. The van der Waals surface area contributed by atoms with E-state index in [1.807, 2.05) is 0 Å². The Hall–Kier alpha value is -1.94. The first-order chi connectivity index (χ1) is 15.2. The number of nitrogens with zero attached hydrogens (tertiary/aromatic N) is 4. The number of rotatable bonds is 4. The Morgan fingerprint density at radius 1 is 0.486 bits per heavy atom. The van der Waals surface area contributed by atoms with Crippen molar-refractivity contribution in [3.05, 3.63) is 73.8 Å². The Morgan fingerprint density at radius 2 is 0.743 bits per heavy atom. The molecule has 0 aliphatic heterocycles. The van der Waals surface area contributed by atoms with Gasteiger partial charge in [0, 0.05) is 28.2 Å². The van der Waals surface area contributed by atoms with Crippen LogP contribution in [0.2, 0.25) is 0 Å². The summed E-state index contributed by atoms with van der Waals surface area (Å²) < 4.78 is 0. The third-order valence-corrected chi connectivity index (χ3v) is 5.46. The van der Waals surface area contributed by atoms with Gasteiger partial charge < -0.3 is 44.4 Å². The zero-order valence-electron chi connectivity index (χ0n) is 22.2. The van der Waals surface area contributed by atoms with Crippen molar-refractivity contribution < 1.29 is 51.0 Å². The molecule has 35 heavy (non-hydrogen) atoms. The minimum atomic E-state index is 0. The molecule has 0 spiro atoms. The summed E-state index contributed by atoms with van der Waals surface area (Å²) in [4.78, 5) is 8.62. The van der Waals surface area contributed by atoms with Crippen LogP contribution < -0.4 is 44.4 Å². The second-order valence-corrected chi connectivity index (χ2v) is 8.49. The van der Waals surface area contributed by atoms with Gasteiger partial charge in [-0.05, 0) is 50.9 Å². The number of hydrogen-bond acceptors (Lipinski definition) is 4. The molecule has 0 unspecified atom stereocenters. The quantitative estimate of drug-likeness (QED) is 0.248. The molecule has 0 radical (unpaired) electrons. The molecule has 4 aromatic carbocycles. The summed E-state index contributed by atoms with van der Waals surface area (Å²) in [5.41, 5.74) is 5.11. The maximum atomic E-state index is 3.00. The summed E-state index contributed by atoms with van der Waals surface area (Å²) in [6, 6.07) is 21.7. The van der Waals surface area contributed by atoms with Gasteiger partial charge in [-0.3, -0.25) is 0 Å². The predicted molar refractivity (Wildman–Crippen MR) is 148 cm³/mol. The van der Waals surface area contributed by atoms with Gasteiger partial charge in [-0.15, -0.1) is 46.8 Å². The van der Waals surface area contributed by atoms with Gasteiger partial charge in [-0.25, -0.2) is 0 Å². The van der Waals surface area contributed by atoms with Gasteiger partial charge in [0.05, 0.1) is 0 Å². The minimum absolute atomic E-state index is 0. The van der Waals surface area contributed by atoms with Crippen molar-refractivity contribution >= 4 is 44.3 Å². The summed E-state index contributed by atoms with van der Waals surface area (Å²) in [5, 5.41) is 5.30. The van der Waals surface area contributed by atoms with Crippen LogP contribution in [-0.4, -0.2) is 56.4 Å². The second-order valence-electron chi connectivity index (χ2n) is 8.49. The molecule has 4 nitrogen and oxygen atoms in total. The van der Waals surface area contributed by atoms with Gasteiger partial charge in [-0.2, -0.15) is 24.3 Å². The van der Waals surface area contributed by atoms with Gasteiger partial charge >= 0.3 is 26.2 Å². The first-order valence-corrected chi connectivity index (χ1v) is 10.8. The topological polar surface area (TPSA) is 13.0 Å². The second kappa shape index (κ2) is 15.9. The van der Waals surface area contributed by atoms with Crippen molar-refractivity contribution in [1.29, 1.82) is 0 Å². The average molecular weight is 593 g/mol. The van der Waals surface area contributed by atoms with E-state index < -0.39 is 0 Å². The van der Waals surface area contributed by atoms with E-state index >= 15 is 0 Å². The van der Waals surface area contributed by atoms with Gasteiger partial charge in [0.25, 0.3) is 0 Å². The van der Waals surface area contributed by atoms with Gasteiger partial charge in [0.15, 0.2) is 0 Å². The fraction of sp³-hybridized carbons (Fsp3) is 0.286. The molecule has 0 heterocycles. The van der Waals surface area contributed by atoms with Crippen LogP contribution in [0.1, 0.15) is 0 Å². The van der Waals surface area contributed by atoms with Gasteiger partial charge in [0.1, 0.15) is 0 Å². The third-order valence-electron chi connectivity index (χ3n) is 5.46. The summed E-state index contributed by atoms with van der Waals surface area (Å²) in [6.45, 7) is 6.00. The van der Waals surface area contributed by atoms with Gasteiger partial charge in [0.2, 0.25) is 0 Å². The molecular formula is C28H38Cl2N4Zr. The molecule has 0 N–H and O–H groups in total. The van der Waals surface area contributed by atoms with Crippen molar-refractivity contribution in [1.82, 2.24) is 0 Å². The van der Waals surface area contributed by atoms with Crippen LogP contribution in [0.15, 0.2) is 73.8 Å². The monoisotopic (exact) mass is 590 g/mol. The van der Waals surface area contributed by atoms with Crippen LogP contribution in [-0.2, 0) is 26.2 Å². The molecule has 0 atom stereocenters. The van der Waals surface area contributed by atoms with E-state index in [0.717, 1.165) is 0 Å². The van der Waals surface area contributed by atoms with Crippen molar-refractivity contribution in [2.24, 2.45) is 0 Å². The standard InChI is InChI=1S/2C13H17N2.C2H4.2ClH.Zr/c2*1-14(2)12-8-9-13(15(3)4)11-7-5-6-10(11)12;1-2;;;/h2*5-9H,1-4H3;1-2H2;2*1H;/q2*-1;;;;+4/p-2. The van der Waals surface area contributed by atoms with E-state index in [0.29, 0.717) is 0 Å². The van der Waals surface area contributed by atoms with E-state index in [1.54, 1.807) is 0 Å². The molecule has 0 amide bonds. The fourth-order valence-corrected chi connectivity index (χ4v) is 3.97. The normalized spacial score (nSPS) is 9.26. The first kappa shape index (κ1) is 35.2. The maximum absolute atomic E-state index is 3.00. The Balaban J connectivity index is 0. The van der Waals surface area contributed by atoms with E-state index in [-0.39, 0.29) is 51.0 Å². The molecule has 0 aliphatic carbocycles. The first-order valence-electron chi connectivity index (χ1n) is 10.8. The zero-order valence-corrected chi connectivity index (χ0v) is 26.2. The summed E-state index contributed by atoms with van der Waals surface area (Å²) in [7, 11) is 16.6. The van der Waals surface area contributed by atoms with Crippen LogP contribution in [0.3, 0.4) is 0 Å². The van der Waals surface area contributed by atoms with E-state index in [2.05, 4.69) is 150 Å². The van der Waals surface area contributed by atoms with Crippen LogP contribution in [0.5, 0.6) is 0 Å². The largest absolute Gasteiger partial charge is 4.00 e. The Morgan fingerprint density at radius 3 is 1.00 bits per heavy atom. The van der Waals surface area contributed by atoms with Crippen LogP contribution in [0, 0.1) is 0 Å².